The molecule has 2 N–H and O–H groups in total. The highest BCUT2D eigenvalue weighted by Gasteiger charge is 2.26. The minimum Gasteiger partial charge on any atom is -0.396 e. The van der Waals surface area contributed by atoms with Gasteiger partial charge in [0.25, 0.3) is 0 Å². The Kier molecular flexibility index (Phi) is 5.77. The molecule has 0 aromatic rings. The van der Waals surface area contributed by atoms with Gasteiger partial charge in [0.1, 0.15) is 0 Å². The van der Waals surface area contributed by atoms with E-state index < -0.39 is 0 Å². The average molecular weight is 228 g/mol. The number of nitrogens with one attached hydrogen (secondary N) is 1. The average Bonchev–Trinajstić information content (AvgIpc) is 2.75. The van der Waals surface area contributed by atoms with Crippen molar-refractivity contribution in [1.82, 2.24) is 10.2 Å². The summed E-state index contributed by atoms with van der Waals surface area (Å²) in [4.78, 5) is 13.6. The summed E-state index contributed by atoms with van der Waals surface area (Å²) < 4.78 is 0. The lowest BCUT2D eigenvalue weighted by Crippen LogP contribution is -2.43. The van der Waals surface area contributed by atoms with Crippen molar-refractivity contribution in [3.8, 4) is 0 Å². The van der Waals surface area contributed by atoms with Crippen LogP contribution in [0.4, 0.5) is 0 Å². The van der Waals surface area contributed by atoms with E-state index in [9.17, 15) is 4.79 Å². The van der Waals surface area contributed by atoms with Crippen LogP contribution < -0.4 is 5.32 Å². The number of carbonyl (C=O) groups excluding carboxylic acids is 1. The molecular formula is C12H24N2O2. The zero-order chi connectivity index (χ0) is 12.0. The molecule has 4 nitrogen and oxygen atoms in total. The van der Waals surface area contributed by atoms with Crippen LogP contribution in [0, 0.1) is 5.92 Å². The van der Waals surface area contributed by atoms with Gasteiger partial charge in [-0.25, -0.2) is 0 Å². The summed E-state index contributed by atoms with van der Waals surface area (Å²) in [5.41, 5.74) is 0. The van der Waals surface area contributed by atoms with E-state index in [-0.39, 0.29) is 12.5 Å². The van der Waals surface area contributed by atoms with Crippen LogP contribution in [0.15, 0.2) is 0 Å². The topological polar surface area (TPSA) is 52.6 Å². The van der Waals surface area contributed by atoms with E-state index in [1.165, 1.54) is 0 Å². The second-order valence-corrected chi connectivity index (χ2v) is 4.43. The van der Waals surface area contributed by atoms with Crippen molar-refractivity contribution in [1.29, 1.82) is 0 Å². The summed E-state index contributed by atoms with van der Waals surface area (Å²) in [6.07, 6.45) is 3.31. The first-order valence-corrected chi connectivity index (χ1v) is 6.34. The number of nitrogens with zero attached hydrogens (tertiary/aromatic N) is 1. The predicted molar refractivity (Wildman–Crippen MR) is 64.1 cm³/mol. The van der Waals surface area contributed by atoms with Gasteiger partial charge in [0.2, 0.25) is 5.91 Å². The Hall–Kier alpha value is -0.610. The molecule has 0 spiro atoms. The Bertz CT molecular complexity index is 217. The minimum absolute atomic E-state index is 0.161. The Morgan fingerprint density at radius 2 is 2.06 bits per heavy atom. The molecule has 1 fully saturated rings. The molecule has 1 rings (SSSR count). The lowest BCUT2D eigenvalue weighted by molar-refractivity contribution is -0.130. The highest BCUT2D eigenvalue weighted by atomic mass is 16.3. The zero-order valence-corrected chi connectivity index (χ0v) is 10.4. The summed E-state index contributed by atoms with van der Waals surface area (Å²) >= 11 is 0. The summed E-state index contributed by atoms with van der Waals surface area (Å²) in [7, 11) is 0. The van der Waals surface area contributed by atoms with Crippen molar-refractivity contribution in [2.45, 2.75) is 39.2 Å². The molecule has 1 amide bonds. The summed E-state index contributed by atoms with van der Waals surface area (Å²) in [6, 6.07) is 0.324. The second-order valence-electron chi connectivity index (χ2n) is 4.43. The van der Waals surface area contributed by atoms with Gasteiger partial charge < -0.3 is 15.3 Å². The summed E-state index contributed by atoms with van der Waals surface area (Å²) in [6.45, 7) is 6.16. The van der Waals surface area contributed by atoms with Crippen molar-refractivity contribution in [2.24, 2.45) is 5.92 Å². The van der Waals surface area contributed by atoms with Gasteiger partial charge in [-0.05, 0) is 32.6 Å². The van der Waals surface area contributed by atoms with E-state index in [2.05, 4.69) is 5.32 Å². The molecule has 0 aromatic heterocycles. The number of amides is 1. The Morgan fingerprint density at radius 1 is 1.38 bits per heavy atom. The molecule has 4 heteroatoms. The first-order valence-electron chi connectivity index (χ1n) is 6.34. The van der Waals surface area contributed by atoms with Crippen LogP contribution in [-0.2, 0) is 4.79 Å². The summed E-state index contributed by atoms with van der Waals surface area (Å²) in [5, 5.41) is 12.4. The molecule has 1 aliphatic carbocycles. The van der Waals surface area contributed by atoms with Gasteiger partial charge >= 0.3 is 0 Å². The van der Waals surface area contributed by atoms with Crippen LogP contribution in [0.3, 0.4) is 0 Å². The number of hydrogen-bond acceptors (Lipinski definition) is 3. The highest BCUT2D eigenvalue weighted by molar-refractivity contribution is 5.78. The Morgan fingerprint density at radius 3 is 2.62 bits per heavy atom. The largest absolute Gasteiger partial charge is 0.396 e. The molecule has 16 heavy (non-hydrogen) atoms. The first kappa shape index (κ1) is 13.5. The van der Waals surface area contributed by atoms with Crippen LogP contribution in [0.25, 0.3) is 0 Å². The van der Waals surface area contributed by atoms with Crippen LogP contribution in [0.1, 0.15) is 33.1 Å². The molecule has 0 radical (unpaired) electrons. The monoisotopic (exact) mass is 228 g/mol. The fourth-order valence-corrected chi connectivity index (χ4v) is 2.43. The third-order valence-electron chi connectivity index (χ3n) is 3.53. The van der Waals surface area contributed by atoms with Gasteiger partial charge in [-0.1, -0.05) is 6.42 Å². The van der Waals surface area contributed by atoms with Crippen molar-refractivity contribution >= 4 is 5.91 Å². The number of aliphatic hydroxyl groups excluding tert-OH is 1. The lowest BCUT2D eigenvalue weighted by Gasteiger charge is -2.22. The van der Waals surface area contributed by atoms with Crippen molar-refractivity contribution < 1.29 is 9.90 Å². The molecule has 2 unspecified atom stereocenters. The SMILES string of the molecule is CCN(CC)C(=O)CNC1CCCC1CO. The molecule has 0 aliphatic heterocycles. The van der Waals surface area contributed by atoms with Crippen molar-refractivity contribution in [2.75, 3.05) is 26.2 Å². The maximum absolute atomic E-state index is 11.8. The van der Waals surface area contributed by atoms with Crippen molar-refractivity contribution in [3.63, 3.8) is 0 Å². The molecule has 94 valence electrons. The van der Waals surface area contributed by atoms with Crippen LogP contribution in [-0.4, -0.2) is 48.2 Å². The fraction of sp³-hybridized carbons (Fsp3) is 0.917. The fourth-order valence-electron chi connectivity index (χ4n) is 2.43. The zero-order valence-electron chi connectivity index (χ0n) is 10.4. The predicted octanol–water partition coefficient (Wildman–Crippen LogP) is 0.605. The first-order chi connectivity index (χ1) is 7.72. The number of aliphatic hydroxyl groups is 1. The Labute approximate surface area is 98.0 Å². The maximum atomic E-state index is 11.8. The van der Waals surface area contributed by atoms with Crippen molar-refractivity contribution in [3.05, 3.63) is 0 Å². The normalized spacial score (nSPS) is 24.7. The van der Waals surface area contributed by atoms with Gasteiger partial charge in [-0.2, -0.15) is 0 Å². The quantitative estimate of drug-likeness (QED) is 0.700. The van der Waals surface area contributed by atoms with E-state index in [4.69, 9.17) is 5.11 Å². The molecule has 0 heterocycles. The maximum Gasteiger partial charge on any atom is 0.236 e. The molecule has 0 aromatic carbocycles. The lowest BCUT2D eigenvalue weighted by atomic mass is 10.1. The van der Waals surface area contributed by atoms with E-state index in [0.717, 1.165) is 32.4 Å². The third kappa shape index (κ3) is 3.46. The smallest absolute Gasteiger partial charge is 0.236 e. The number of rotatable bonds is 6. The van der Waals surface area contributed by atoms with Crippen LogP contribution >= 0.6 is 0 Å². The second kappa shape index (κ2) is 6.86. The number of hydrogen-bond donors (Lipinski definition) is 2. The van der Waals surface area contributed by atoms with Gasteiger partial charge in [0.15, 0.2) is 0 Å². The third-order valence-corrected chi connectivity index (χ3v) is 3.53. The van der Waals surface area contributed by atoms with Crippen LogP contribution in [0.5, 0.6) is 0 Å². The molecule has 0 saturated heterocycles. The highest BCUT2D eigenvalue weighted by Crippen LogP contribution is 2.24. The number of carbonyl (C=O) groups is 1. The molecular weight excluding hydrogens is 204 g/mol. The Balaban J connectivity index is 2.30. The van der Waals surface area contributed by atoms with E-state index in [1.807, 2.05) is 18.7 Å². The van der Waals surface area contributed by atoms with Gasteiger partial charge in [-0.3, -0.25) is 4.79 Å². The van der Waals surface area contributed by atoms with Crippen LogP contribution in [0.2, 0.25) is 0 Å². The van der Waals surface area contributed by atoms with E-state index in [1.54, 1.807) is 0 Å². The van der Waals surface area contributed by atoms with Gasteiger partial charge in [0, 0.05) is 25.7 Å². The number of likely N-dealkylation sites (N-methyl/N-ethyl adjacent to an activating group) is 1. The standard InChI is InChI=1S/C12H24N2O2/c1-3-14(4-2)12(16)8-13-11-7-5-6-10(11)9-15/h10-11,13,15H,3-9H2,1-2H3. The van der Waals surface area contributed by atoms with Gasteiger partial charge in [0.05, 0.1) is 6.54 Å². The molecule has 2 atom stereocenters. The molecule has 0 bridgehead atoms. The van der Waals surface area contributed by atoms with Gasteiger partial charge in [-0.15, -0.1) is 0 Å². The summed E-state index contributed by atoms with van der Waals surface area (Å²) in [5.74, 6) is 0.498. The minimum atomic E-state index is 0.161. The molecule has 1 saturated carbocycles. The molecule has 1 aliphatic rings. The van der Waals surface area contributed by atoms with E-state index in [0.29, 0.717) is 18.5 Å². The van der Waals surface area contributed by atoms with E-state index >= 15 is 0 Å².